The predicted octanol–water partition coefficient (Wildman–Crippen LogP) is 2.99. The third kappa shape index (κ3) is 1.52. The number of nitriles is 1. The molecular weight excluding hydrogens is 192 g/mol. The Balaban J connectivity index is 2.60. The van der Waals surface area contributed by atoms with E-state index in [-0.39, 0.29) is 0 Å². The van der Waals surface area contributed by atoms with Gasteiger partial charge in [-0.2, -0.15) is 16.6 Å². The molecule has 2 aromatic rings. The second kappa shape index (κ2) is 3.60. The van der Waals surface area contributed by atoms with E-state index in [0.717, 1.165) is 16.8 Å². The molecule has 14 heavy (non-hydrogen) atoms. The van der Waals surface area contributed by atoms with Gasteiger partial charge in [-0.3, -0.25) is 0 Å². The summed E-state index contributed by atoms with van der Waals surface area (Å²) in [5, 5.41) is 12.9. The van der Waals surface area contributed by atoms with E-state index in [0.29, 0.717) is 5.69 Å². The van der Waals surface area contributed by atoms with Crippen molar-refractivity contribution in [2.75, 3.05) is 0 Å². The summed E-state index contributed by atoms with van der Waals surface area (Å²) in [5.41, 5.74) is 3.36. The second-order valence-electron chi connectivity index (χ2n) is 2.97. The minimum Gasteiger partial charge on any atom is -0.242 e. The summed E-state index contributed by atoms with van der Waals surface area (Å²) < 4.78 is 0. The van der Waals surface area contributed by atoms with Crippen molar-refractivity contribution < 1.29 is 0 Å². The molecule has 2 nitrogen and oxygen atoms in total. The number of nitrogens with zero attached hydrogens (tertiary/aromatic N) is 2. The van der Waals surface area contributed by atoms with E-state index in [1.807, 2.05) is 35.9 Å². The molecule has 2 aromatic heterocycles. The van der Waals surface area contributed by atoms with Gasteiger partial charge in [0.1, 0.15) is 11.8 Å². The van der Waals surface area contributed by atoms with Gasteiger partial charge in [-0.15, -0.1) is 0 Å². The van der Waals surface area contributed by atoms with E-state index in [2.05, 4.69) is 11.1 Å². The van der Waals surface area contributed by atoms with Crippen molar-refractivity contribution in [1.29, 1.82) is 5.26 Å². The fraction of sp³-hybridized carbons (Fsp3) is 0.0909. The van der Waals surface area contributed by atoms with E-state index in [1.54, 1.807) is 11.3 Å². The van der Waals surface area contributed by atoms with Gasteiger partial charge in [-0.25, -0.2) is 4.98 Å². The standard InChI is InChI=1S/C11H8N2S/c1-8-2-3-10(11(6-12)13-8)9-4-5-14-7-9/h2-5,7H,1H3. The number of hydrogen-bond acceptors (Lipinski definition) is 3. The minimum atomic E-state index is 0.503. The first-order valence-corrected chi connectivity index (χ1v) is 5.16. The number of rotatable bonds is 1. The highest BCUT2D eigenvalue weighted by atomic mass is 32.1. The van der Waals surface area contributed by atoms with Gasteiger partial charge < -0.3 is 0 Å². The molecule has 0 aromatic carbocycles. The fourth-order valence-electron chi connectivity index (χ4n) is 1.29. The van der Waals surface area contributed by atoms with Gasteiger partial charge in [0, 0.05) is 11.3 Å². The van der Waals surface area contributed by atoms with Crippen LogP contribution in [0.5, 0.6) is 0 Å². The first kappa shape index (κ1) is 8.92. The van der Waals surface area contributed by atoms with Crippen LogP contribution in [-0.4, -0.2) is 4.98 Å². The molecule has 0 amide bonds. The molecule has 0 aliphatic rings. The monoisotopic (exact) mass is 200 g/mol. The van der Waals surface area contributed by atoms with E-state index in [1.165, 1.54) is 0 Å². The van der Waals surface area contributed by atoms with Crippen molar-refractivity contribution in [3.8, 4) is 17.2 Å². The molecule has 0 saturated heterocycles. The molecule has 0 atom stereocenters. The summed E-state index contributed by atoms with van der Waals surface area (Å²) >= 11 is 1.62. The highest BCUT2D eigenvalue weighted by Crippen LogP contribution is 2.24. The van der Waals surface area contributed by atoms with Gasteiger partial charge in [0.15, 0.2) is 0 Å². The van der Waals surface area contributed by atoms with Crippen molar-refractivity contribution in [2.24, 2.45) is 0 Å². The lowest BCUT2D eigenvalue weighted by Gasteiger charge is -2.00. The number of hydrogen-bond donors (Lipinski definition) is 0. The van der Waals surface area contributed by atoms with Crippen LogP contribution < -0.4 is 0 Å². The van der Waals surface area contributed by atoms with Crippen LogP contribution in [0.1, 0.15) is 11.4 Å². The van der Waals surface area contributed by atoms with Crippen LogP contribution in [0.3, 0.4) is 0 Å². The zero-order chi connectivity index (χ0) is 9.97. The summed E-state index contributed by atoms with van der Waals surface area (Å²) in [6.45, 7) is 1.89. The number of thiophene rings is 1. The lowest BCUT2D eigenvalue weighted by Crippen LogP contribution is -1.90. The maximum Gasteiger partial charge on any atom is 0.148 e. The molecule has 68 valence electrons. The molecule has 2 heterocycles. The van der Waals surface area contributed by atoms with Crippen LogP contribution in [0.4, 0.5) is 0 Å². The highest BCUT2D eigenvalue weighted by molar-refractivity contribution is 7.08. The van der Waals surface area contributed by atoms with E-state index < -0.39 is 0 Å². The molecule has 2 rings (SSSR count). The minimum absolute atomic E-state index is 0.503. The fourth-order valence-corrected chi connectivity index (χ4v) is 1.95. The molecule has 0 aliphatic heterocycles. The van der Waals surface area contributed by atoms with Crippen molar-refractivity contribution in [1.82, 2.24) is 4.98 Å². The first-order chi connectivity index (χ1) is 6.81. The average Bonchev–Trinajstić information content (AvgIpc) is 2.70. The Morgan fingerprint density at radius 1 is 1.36 bits per heavy atom. The predicted molar refractivity (Wildman–Crippen MR) is 57.0 cm³/mol. The van der Waals surface area contributed by atoms with E-state index >= 15 is 0 Å². The molecule has 0 aliphatic carbocycles. The Morgan fingerprint density at radius 2 is 2.21 bits per heavy atom. The van der Waals surface area contributed by atoms with Crippen LogP contribution in [-0.2, 0) is 0 Å². The Hall–Kier alpha value is -1.66. The third-order valence-electron chi connectivity index (χ3n) is 1.97. The van der Waals surface area contributed by atoms with Crippen LogP contribution in [0.25, 0.3) is 11.1 Å². The second-order valence-corrected chi connectivity index (χ2v) is 3.75. The molecule has 0 spiro atoms. The zero-order valence-electron chi connectivity index (χ0n) is 7.69. The van der Waals surface area contributed by atoms with Crippen molar-refractivity contribution in [3.63, 3.8) is 0 Å². The number of pyridine rings is 1. The topological polar surface area (TPSA) is 36.7 Å². The molecule has 0 bridgehead atoms. The van der Waals surface area contributed by atoms with Crippen molar-refractivity contribution >= 4 is 11.3 Å². The maximum atomic E-state index is 8.93. The molecular formula is C11H8N2S. The summed E-state index contributed by atoms with van der Waals surface area (Å²) in [4.78, 5) is 4.19. The quantitative estimate of drug-likeness (QED) is 0.709. The lowest BCUT2D eigenvalue weighted by molar-refractivity contribution is 1.17. The normalized spacial score (nSPS) is 9.71. The lowest BCUT2D eigenvalue weighted by atomic mass is 10.1. The van der Waals surface area contributed by atoms with Gasteiger partial charge in [0.25, 0.3) is 0 Å². The summed E-state index contributed by atoms with van der Waals surface area (Å²) in [6.07, 6.45) is 0. The van der Waals surface area contributed by atoms with Crippen LogP contribution in [0.15, 0.2) is 29.0 Å². The van der Waals surface area contributed by atoms with Crippen molar-refractivity contribution in [2.45, 2.75) is 6.92 Å². The SMILES string of the molecule is Cc1ccc(-c2ccsc2)c(C#N)n1. The third-order valence-corrected chi connectivity index (χ3v) is 2.66. The average molecular weight is 200 g/mol. The number of aryl methyl sites for hydroxylation is 1. The largest absolute Gasteiger partial charge is 0.242 e. The van der Waals surface area contributed by atoms with Crippen LogP contribution >= 0.6 is 11.3 Å². The molecule has 3 heteroatoms. The Kier molecular flexibility index (Phi) is 2.30. The highest BCUT2D eigenvalue weighted by Gasteiger charge is 2.06. The molecule has 0 unspecified atom stereocenters. The van der Waals surface area contributed by atoms with E-state index in [4.69, 9.17) is 5.26 Å². The Morgan fingerprint density at radius 3 is 2.86 bits per heavy atom. The first-order valence-electron chi connectivity index (χ1n) is 4.21. The van der Waals surface area contributed by atoms with Crippen molar-refractivity contribution in [3.05, 3.63) is 40.3 Å². The summed E-state index contributed by atoms with van der Waals surface area (Å²) in [5.74, 6) is 0. The Labute approximate surface area is 86.5 Å². The summed E-state index contributed by atoms with van der Waals surface area (Å²) in [7, 11) is 0. The van der Waals surface area contributed by atoms with Gasteiger partial charge in [-0.1, -0.05) is 0 Å². The van der Waals surface area contributed by atoms with Gasteiger partial charge in [0.2, 0.25) is 0 Å². The Bertz CT molecular complexity index is 480. The smallest absolute Gasteiger partial charge is 0.148 e. The van der Waals surface area contributed by atoms with Crippen LogP contribution in [0.2, 0.25) is 0 Å². The van der Waals surface area contributed by atoms with Gasteiger partial charge in [-0.05, 0) is 41.4 Å². The molecule has 0 radical (unpaired) electrons. The molecule has 0 saturated carbocycles. The van der Waals surface area contributed by atoms with Crippen LogP contribution in [0, 0.1) is 18.3 Å². The maximum absolute atomic E-state index is 8.93. The zero-order valence-corrected chi connectivity index (χ0v) is 8.51. The number of aromatic nitrogens is 1. The van der Waals surface area contributed by atoms with Gasteiger partial charge in [0.05, 0.1) is 0 Å². The van der Waals surface area contributed by atoms with E-state index in [9.17, 15) is 0 Å². The molecule has 0 fully saturated rings. The van der Waals surface area contributed by atoms with Gasteiger partial charge >= 0.3 is 0 Å². The molecule has 0 N–H and O–H groups in total. The summed E-state index contributed by atoms with van der Waals surface area (Å²) in [6, 6.07) is 7.99.